The van der Waals surface area contributed by atoms with Gasteiger partial charge >= 0.3 is 18.9 Å². The quantitative estimate of drug-likeness (QED) is 0.282. The molecule has 1 heterocycles. The first kappa shape index (κ1) is 16.5. The van der Waals surface area contributed by atoms with Crippen LogP contribution in [0, 0.1) is 6.54 Å². The third kappa shape index (κ3) is 3.77. The summed E-state index contributed by atoms with van der Waals surface area (Å²) in [5.74, 6) is 0. The first-order valence-corrected chi connectivity index (χ1v) is 7.13. The molecule has 90 valence electrons. The molecule has 0 bridgehead atoms. The number of unbranched alkanes of at least 4 members (excludes halogenated alkanes) is 2. The Morgan fingerprint density at radius 1 is 1.25 bits per heavy atom. The van der Waals surface area contributed by atoms with E-state index in [2.05, 4.69) is 6.92 Å². The first-order chi connectivity index (χ1) is 6.80. The average molecular weight is 239 g/mol. The standard InChI is InChI=1S/C11H22NO2S.Li/c1-5-6-7-8-10-9-12(10)15(13,14)11(2,3)4;/h9-10H,5-8H2,1-4H3;/q-1;+1/t10-,12?;/m1./s1. The van der Waals surface area contributed by atoms with E-state index in [1.54, 1.807) is 20.8 Å². The van der Waals surface area contributed by atoms with Gasteiger partial charge in [-0.25, -0.2) is 15.0 Å². The van der Waals surface area contributed by atoms with Gasteiger partial charge in [-0.05, 0) is 20.8 Å². The van der Waals surface area contributed by atoms with Gasteiger partial charge in [0, 0.05) is 0 Å². The minimum absolute atomic E-state index is 0. The van der Waals surface area contributed by atoms with Crippen molar-refractivity contribution in [3.63, 3.8) is 0 Å². The van der Waals surface area contributed by atoms with Gasteiger partial charge in [-0.2, -0.15) is 0 Å². The van der Waals surface area contributed by atoms with E-state index in [1.807, 2.05) is 6.54 Å². The Labute approximate surface area is 112 Å². The van der Waals surface area contributed by atoms with Gasteiger partial charge in [0.05, 0.1) is 4.75 Å². The second kappa shape index (κ2) is 5.91. The molecule has 5 heteroatoms. The van der Waals surface area contributed by atoms with E-state index in [9.17, 15) is 8.42 Å². The zero-order chi connectivity index (χ0) is 11.7. The van der Waals surface area contributed by atoms with Crippen LogP contribution < -0.4 is 18.9 Å². The summed E-state index contributed by atoms with van der Waals surface area (Å²) in [7, 11) is -3.11. The van der Waals surface area contributed by atoms with Crippen molar-refractivity contribution in [2.24, 2.45) is 0 Å². The molecule has 1 unspecified atom stereocenters. The SMILES string of the molecule is CCCCC[C@@H]1[CH-]N1S(=O)(=O)C(C)(C)C.[Li+]. The van der Waals surface area contributed by atoms with E-state index < -0.39 is 14.8 Å². The van der Waals surface area contributed by atoms with Gasteiger partial charge in [0.2, 0.25) is 0 Å². The zero-order valence-corrected chi connectivity index (χ0v) is 12.0. The van der Waals surface area contributed by atoms with Crippen LogP contribution >= 0.6 is 0 Å². The number of hydrogen-bond acceptors (Lipinski definition) is 2. The Bertz CT molecular complexity index is 308. The van der Waals surface area contributed by atoms with E-state index in [1.165, 1.54) is 17.1 Å². The van der Waals surface area contributed by atoms with E-state index in [-0.39, 0.29) is 24.9 Å². The molecule has 1 aliphatic heterocycles. The van der Waals surface area contributed by atoms with E-state index in [4.69, 9.17) is 0 Å². The summed E-state index contributed by atoms with van der Waals surface area (Å²) in [4.78, 5) is 0. The third-order valence-electron chi connectivity index (χ3n) is 2.71. The molecule has 0 aromatic rings. The van der Waals surface area contributed by atoms with Gasteiger partial charge < -0.3 is 4.31 Å². The molecule has 1 rings (SSSR count). The van der Waals surface area contributed by atoms with Gasteiger partial charge in [-0.15, -0.1) is 6.04 Å². The number of sulfonamides is 1. The molecule has 0 aromatic carbocycles. The van der Waals surface area contributed by atoms with Gasteiger partial charge in [0.1, 0.15) is 0 Å². The summed E-state index contributed by atoms with van der Waals surface area (Å²) in [5.41, 5.74) is 0. The number of nitrogens with zero attached hydrogens (tertiary/aromatic N) is 1. The van der Waals surface area contributed by atoms with Crippen molar-refractivity contribution in [3.05, 3.63) is 6.54 Å². The van der Waals surface area contributed by atoms with Crippen molar-refractivity contribution in [2.75, 3.05) is 0 Å². The second-order valence-corrected chi connectivity index (χ2v) is 7.76. The summed E-state index contributed by atoms with van der Waals surface area (Å²) in [6.07, 6.45) is 4.46. The van der Waals surface area contributed by atoms with Crippen molar-refractivity contribution < 1.29 is 27.3 Å². The largest absolute Gasteiger partial charge is 1.00 e. The molecule has 1 aliphatic rings. The maximum Gasteiger partial charge on any atom is 1.00 e. The Balaban J connectivity index is 0.00000225. The summed E-state index contributed by atoms with van der Waals surface area (Å²) >= 11 is 0. The molecular weight excluding hydrogens is 217 g/mol. The van der Waals surface area contributed by atoms with Crippen LogP contribution in [0.15, 0.2) is 0 Å². The molecular formula is C11H22LiNO2S. The van der Waals surface area contributed by atoms with E-state index in [0.717, 1.165) is 12.8 Å². The smallest absolute Gasteiger partial charge is 0.374 e. The minimum atomic E-state index is -3.11. The maximum atomic E-state index is 12.0. The minimum Gasteiger partial charge on any atom is -0.374 e. The maximum absolute atomic E-state index is 12.0. The Kier molecular flexibility index (Phi) is 6.09. The fraction of sp³-hybridized carbons (Fsp3) is 0.909. The fourth-order valence-electron chi connectivity index (χ4n) is 1.51. The van der Waals surface area contributed by atoms with Crippen molar-refractivity contribution in [3.8, 4) is 0 Å². The van der Waals surface area contributed by atoms with Crippen molar-refractivity contribution in [2.45, 2.75) is 64.2 Å². The molecule has 0 aromatic heterocycles. The van der Waals surface area contributed by atoms with Gasteiger partial charge in [-0.1, -0.05) is 32.6 Å². The summed E-state index contributed by atoms with van der Waals surface area (Å²) in [5, 5.41) is 0. The number of rotatable bonds is 5. The molecule has 0 amide bonds. The Hall–Kier alpha value is 0.507. The summed E-state index contributed by atoms with van der Waals surface area (Å²) < 4.78 is 24.8. The normalized spacial score (nSPS) is 25.0. The molecule has 1 fully saturated rings. The van der Waals surface area contributed by atoms with Crippen LogP contribution in [0.4, 0.5) is 0 Å². The van der Waals surface area contributed by atoms with Crippen molar-refractivity contribution in [1.82, 2.24) is 4.31 Å². The van der Waals surface area contributed by atoms with Crippen LogP contribution in [0.1, 0.15) is 53.4 Å². The van der Waals surface area contributed by atoms with Gasteiger partial charge in [0.15, 0.2) is 10.0 Å². The van der Waals surface area contributed by atoms with Gasteiger partial charge in [0.25, 0.3) is 0 Å². The zero-order valence-electron chi connectivity index (χ0n) is 11.2. The second-order valence-electron chi connectivity index (χ2n) is 5.16. The molecule has 16 heavy (non-hydrogen) atoms. The molecule has 0 saturated carbocycles. The van der Waals surface area contributed by atoms with Crippen molar-refractivity contribution in [1.29, 1.82) is 0 Å². The first-order valence-electron chi connectivity index (χ1n) is 5.69. The van der Waals surface area contributed by atoms with Crippen LogP contribution in [0.25, 0.3) is 0 Å². The molecule has 1 saturated heterocycles. The Morgan fingerprint density at radius 2 is 1.81 bits per heavy atom. The molecule has 3 nitrogen and oxygen atoms in total. The monoisotopic (exact) mass is 239 g/mol. The average Bonchev–Trinajstić information content (AvgIpc) is 2.82. The predicted molar refractivity (Wildman–Crippen MR) is 62.7 cm³/mol. The predicted octanol–water partition coefficient (Wildman–Crippen LogP) is -0.455. The van der Waals surface area contributed by atoms with Crippen LogP contribution in [0.5, 0.6) is 0 Å². The summed E-state index contributed by atoms with van der Waals surface area (Å²) in [6.45, 7) is 9.23. The van der Waals surface area contributed by atoms with Crippen LogP contribution in [-0.4, -0.2) is 23.5 Å². The van der Waals surface area contributed by atoms with Crippen LogP contribution in [-0.2, 0) is 10.0 Å². The summed E-state index contributed by atoms with van der Waals surface area (Å²) in [6, 6.07) is 0.167. The molecule has 0 radical (unpaired) electrons. The molecule has 2 atom stereocenters. The molecule has 0 N–H and O–H groups in total. The van der Waals surface area contributed by atoms with Crippen molar-refractivity contribution >= 4 is 10.0 Å². The third-order valence-corrected chi connectivity index (χ3v) is 5.21. The molecule has 0 aliphatic carbocycles. The van der Waals surface area contributed by atoms with E-state index in [0.29, 0.717) is 0 Å². The number of hydrogen-bond donors (Lipinski definition) is 0. The topological polar surface area (TPSA) is 37.1 Å². The van der Waals surface area contributed by atoms with Crippen LogP contribution in [0.3, 0.4) is 0 Å². The molecule has 0 spiro atoms. The fourth-order valence-corrected chi connectivity index (χ4v) is 2.91. The van der Waals surface area contributed by atoms with Gasteiger partial charge in [-0.3, -0.25) is 0 Å². The van der Waals surface area contributed by atoms with E-state index >= 15 is 0 Å². The van der Waals surface area contributed by atoms with Crippen LogP contribution in [0.2, 0.25) is 0 Å². The Morgan fingerprint density at radius 3 is 2.25 bits per heavy atom.